The first-order chi connectivity index (χ1) is 7.72. The van der Waals surface area contributed by atoms with E-state index >= 15 is 0 Å². The van der Waals surface area contributed by atoms with Crippen molar-refractivity contribution in [3.63, 3.8) is 0 Å². The molecule has 1 unspecified atom stereocenters. The monoisotopic (exact) mass is 246 g/mol. The van der Waals surface area contributed by atoms with Crippen LogP contribution < -0.4 is 5.32 Å². The molecule has 0 bridgehead atoms. The van der Waals surface area contributed by atoms with Crippen LogP contribution in [-0.4, -0.2) is 34.8 Å². The topological polar surface area (TPSA) is 49.4 Å². The summed E-state index contributed by atoms with van der Waals surface area (Å²) >= 11 is 0. The zero-order valence-electron chi connectivity index (χ0n) is 9.93. The van der Waals surface area contributed by atoms with Gasteiger partial charge in [-0.05, 0) is 26.2 Å². The Morgan fingerprint density at radius 3 is 2.47 bits per heavy atom. The molecule has 17 heavy (non-hydrogen) atoms. The van der Waals surface area contributed by atoms with Crippen molar-refractivity contribution >= 4 is 11.9 Å². The van der Waals surface area contributed by atoms with Crippen LogP contribution in [0, 0.1) is 5.92 Å². The van der Waals surface area contributed by atoms with E-state index in [9.17, 15) is 18.4 Å². The molecule has 2 fully saturated rings. The summed E-state index contributed by atoms with van der Waals surface area (Å²) in [7, 11) is 0. The number of halogens is 2. The molecule has 1 aliphatic heterocycles. The van der Waals surface area contributed by atoms with Crippen molar-refractivity contribution in [3.8, 4) is 0 Å². The standard InChI is InChI=1S/C11H16F2N2O2/c1-10(2)8(16)14-9(17)15(10)6-7-3-4-11(12,13)5-7/h7H,3-6H2,1-2H3,(H,14,16,17). The SMILES string of the molecule is CC1(C)C(=O)NC(=O)N1CC1CCC(F)(F)C1. The third-order valence-electron chi connectivity index (χ3n) is 3.64. The van der Waals surface area contributed by atoms with Crippen molar-refractivity contribution < 1.29 is 18.4 Å². The van der Waals surface area contributed by atoms with Crippen molar-refractivity contribution in [2.24, 2.45) is 5.92 Å². The molecular formula is C11H16F2N2O2. The zero-order valence-corrected chi connectivity index (χ0v) is 9.93. The number of imide groups is 1. The van der Waals surface area contributed by atoms with Crippen LogP contribution in [0.25, 0.3) is 0 Å². The third-order valence-corrected chi connectivity index (χ3v) is 3.64. The van der Waals surface area contributed by atoms with Gasteiger partial charge in [0.2, 0.25) is 5.92 Å². The maximum absolute atomic E-state index is 13.0. The van der Waals surface area contributed by atoms with Crippen LogP contribution in [0.15, 0.2) is 0 Å². The first-order valence-electron chi connectivity index (χ1n) is 5.73. The summed E-state index contributed by atoms with van der Waals surface area (Å²) in [6.07, 6.45) is 0.0869. The molecule has 2 rings (SSSR count). The predicted molar refractivity (Wildman–Crippen MR) is 56.6 cm³/mol. The molecule has 1 aliphatic carbocycles. The lowest BCUT2D eigenvalue weighted by Gasteiger charge is -2.30. The van der Waals surface area contributed by atoms with Crippen LogP contribution >= 0.6 is 0 Å². The van der Waals surface area contributed by atoms with Crippen molar-refractivity contribution in [2.45, 2.75) is 44.6 Å². The first-order valence-corrected chi connectivity index (χ1v) is 5.73. The molecular weight excluding hydrogens is 230 g/mol. The highest BCUT2D eigenvalue weighted by Crippen LogP contribution is 2.40. The van der Waals surface area contributed by atoms with Gasteiger partial charge in [0.15, 0.2) is 0 Å². The summed E-state index contributed by atoms with van der Waals surface area (Å²) in [6, 6.07) is -0.477. The number of carbonyl (C=O) groups excluding carboxylic acids is 2. The molecule has 1 N–H and O–H groups in total. The average molecular weight is 246 g/mol. The Bertz CT molecular complexity index is 368. The van der Waals surface area contributed by atoms with Gasteiger partial charge in [0.25, 0.3) is 5.91 Å². The van der Waals surface area contributed by atoms with E-state index in [-0.39, 0.29) is 31.2 Å². The molecule has 4 nitrogen and oxygen atoms in total. The zero-order chi connectivity index (χ0) is 12.8. The Balaban J connectivity index is 2.04. The fraction of sp³-hybridized carbons (Fsp3) is 0.818. The maximum Gasteiger partial charge on any atom is 0.325 e. The van der Waals surface area contributed by atoms with Crippen molar-refractivity contribution in [1.29, 1.82) is 0 Å². The Kier molecular flexibility index (Phi) is 2.63. The van der Waals surface area contributed by atoms with Crippen LogP contribution in [0.2, 0.25) is 0 Å². The number of nitrogens with zero attached hydrogens (tertiary/aromatic N) is 1. The third kappa shape index (κ3) is 2.12. The molecule has 0 aromatic heterocycles. The fourth-order valence-corrected chi connectivity index (χ4v) is 2.46. The molecule has 1 saturated carbocycles. The van der Waals surface area contributed by atoms with E-state index in [1.54, 1.807) is 13.8 Å². The van der Waals surface area contributed by atoms with E-state index in [4.69, 9.17) is 0 Å². The molecule has 2 aliphatic rings. The van der Waals surface area contributed by atoms with Crippen LogP contribution in [0.3, 0.4) is 0 Å². The van der Waals surface area contributed by atoms with E-state index in [2.05, 4.69) is 5.32 Å². The van der Waals surface area contributed by atoms with Gasteiger partial charge in [0.1, 0.15) is 5.54 Å². The van der Waals surface area contributed by atoms with Gasteiger partial charge in [-0.15, -0.1) is 0 Å². The fourth-order valence-electron chi connectivity index (χ4n) is 2.46. The lowest BCUT2D eigenvalue weighted by Crippen LogP contribution is -2.46. The van der Waals surface area contributed by atoms with E-state index < -0.39 is 17.5 Å². The highest BCUT2D eigenvalue weighted by molar-refractivity contribution is 6.06. The van der Waals surface area contributed by atoms with Crippen molar-refractivity contribution in [2.75, 3.05) is 6.54 Å². The molecule has 6 heteroatoms. The number of carbonyl (C=O) groups is 2. The van der Waals surface area contributed by atoms with E-state index in [1.807, 2.05) is 0 Å². The quantitative estimate of drug-likeness (QED) is 0.755. The van der Waals surface area contributed by atoms with Gasteiger partial charge in [0, 0.05) is 19.4 Å². The normalized spacial score (nSPS) is 30.8. The minimum absolute atomic E-state index is 0.124. The lowest BCUT2D eigenvalue weighted by molar-refractivity contribution is -0.125. The Morgan fingerprint density at radius 2 is 2.06 bits per heavy atom. The smallest absolute Gasteiger partial charge is 0.310 e. The summed E-state index contributed by atoms with van der Waals surface area (Å²) in [5.74, 6) is -3.21. The molecule has 1 heterocycles. The Morgan fingerprint density at radius 1 is 1.41 bits per heavy atom. The second-order valence-electron chi connectivity index (χ2n) is 5.39. The van der Waals surface area contributed by atoms with Crippen molar-refractivity contribution in [1.82, 2.24) is 10.2 Å². The Labute approximate surface area is 98.3 Å². The summed E-state index contributed by atoms with van der Waals surface area (Å²) < 4.78 is 26.1. The molecule has 0 aromatic carbocycles. The summed E-state index contributed by atoms with van der Waals surface area (Å²) in [5.41, 5.74) is -0.936. The van der Waals surface area contributed by atoms with Gasteiger partial charge >= 0.3 is 6.03 Å². The number of hydrogen-bond donors (Lipinski definition) is 1. The molecule has 0 radical (unpaired) electrons. The number of hydrogen-bond acceptors (Lipinski definition) is 2. The summed E-state index contributed by atoms with van der Waals surface area (Å²) in [5, 5.41) is 2.21. The average Bonchev–Trinajstić information content (AvgIpc) is 2.61. The van der Waals surface area contributed by atoms with Crippen LogP contribution in [0.5, 0.6) is 0 Å². The lowest BCUT2D eigenvalue weighted by atomic mass is 10.0. The molecule has 96 valence electrons. The van der Waals surface area contributed by atoms with Gasteiger partial charge in [-0.1, -0.05) is 0 Å². The molecule has 0 spiro atoms. The molecule has 0 aromatic rings. The largest absolute Gasteiger partial charge is 0.325 e. The highest BCUT2D eigenvalue weighted by Gasteiger charge is 2.48. The number of urea groups is 1. The summed E-state index contributed by atoms with van der Waals surface area (Å²) in [4.78, 5) is 24.4. The maximum atomic E-state index is 13.0. The molecule has 1 saturated heterocycles. The second kappa shape index (κ2) is 3.65. The van der Waals surface area contributed by atoms with Crippen LogP contribution in [-0.2, 0) is 4.79 Å². The van der Waals surface area contributed by atoms with E-state index in [0.29, 0.717) is 6.42 Å². The van der Waals surface area contributed by atoms with E-state index in [1.165, 1.54) is 4.90 Å². The van der Waals surface area contributed by atoms with Gasteiger partial charge in [0.05, 0.1) is 0 Å². The molecule has 3 amide bonds. The number of amides is 3. The van der Waals surface area contributed by atoms with Crippen molar-refractivity contribution in [3.05, 3.63) is 0 Å². The summed E-state index contributed by atoms with van der Waals surface area (Å²) in [6.45, 7) is 3.47. The molecule has 1 atom stereocenters. The van der Waals surface area contributed by atoms with Gasteiger partial charge in [-0.3, -0.25) is 10.1 Å². The van der Waals surface area contributed by atoms with Crippen LogP contribution in [0.1, 0.15) is 33.1 Å². The Hall–Kier alpha value is -1.20. The number of nitrogens with one attached hydrogen (secondary N) is 1. The highest BCUT2D eigenvalue weighted by atomic mass is 19.3. The van der Waals surface area contributed by atoms with Gasteiger partial charge in [-0.25, -0.2) is 13.6 Å². The van der Waals surface area contributed by atoms with Gasteiger partial charge < -0.3 is 4.90 Å². The van der Waals surface area contributed by atoms with Crippen LogP contribution in [0.4, 0.5) is 13.6 Å². The number of rotatable bonds is 2. The predicted octanol–water partition coefficient (Wildman–Crippen LogP) is 1.75. The van der Waals surface area contributed by atoms with Gasteiger partial charge in [-0.2, -0.15) is 0 Å². The minimum Gasteiger partial charge on any atom is -0.310 e. The number of alkyl halides is 2. The minimum atomic E-state index is -2.62. The first kappa shape index (κ1) is 12.3. The second-order valence-corrected chi connectivity index (χ2v) is 5.39. The van der Waals surface area contributed by atoms with E-state index in [0.717, 1.165) is 0 Å².